The van der Waals surface area contributed by atoms with Crippen LogP contribution in [0.5, 0.6) is 0 Å². The number of halogens is 2. The van der Waals surface area contributed by atoms with Crippen molar-refractivity contribution < 1.29 is 23.0 Å². The van der Waals surface area contributed by atoms with Gasteiger partial charge in [-0.1, -0.05) is 25.7 Å². The number of hydrogen-bond acceptors (Lipinski definition) is 9. The van der Waals surface area contributed by atoms with Crippen molar-refractivity contribution in [2.24, 2.45) is 0 Å². The Balaban J connectivity index is 1.34. The summed E-state index contributed by atoms with van der Waals surface area (Å²) in [6.45, 7) is 19.0. The Morgan fingerprint density at radius 1 is 1.12 bits per heavy atom. The first kappa shape index (κ1) is 35.6. The van der Waals surface area contributed by atoms with E-state index in [9.17, 15) is 13.6 Å². The maximum absolute atomic E-state index is 14.1. The molecule has 0 radical (unpaired) electrons. The Morgan fingerprint density at radius 3 is 2.50 bits per heavy atom. The van der Waals surface area contributed by atoms with Crippen LogP contribution in [0.4, 0.5) is 25.3 Å². The third-order valence-corrected chi connectivity index (χ3v) is 10.3. The van der Waals surface area contributed by atoms with Crippen LogP contribution >= 0.6 is 0 Å². The Kier molecular flexibility index (Phi) is 10.4. The molecule has 14 heteroatoms. The number of carbonyl (C=O) groups is 1. The summed E-state index contributed by atoms with van der Waals surface area (Å²) in [7, 11) is -1.26. The van der Waals surface area contributed by atoms with E-state index < -0.39 is 19.6 Å². The molecule has 0 bridgehead atoms. The number of carbonyl (C=O) groups excluding carboxylic acids is 1. The molecular formula is C34H50F2N8O3Si. The van der Waals surface area contributed by atoms with Crippen LogP contribution in [0, 0.1) is 0 Å². The van der Waals surface area contributed by atoms with Crippen LogP contribution < -0.4 is 10.2 Å². The van der Waals surface area contributed by atoms with Gasteiger partial charge in [-0.3, -0.25) is 4.90 Å². The summed E-state index contributed by atoms with van der Waals surface area (Å²) >= 11 is 0. The predicted octanol–water partition coefficient (Wildman–Crippen LogP) is 7.18. The smallest absolute Gasteiger partial charge is 0.410 e. The van der Waals surface area contributed by atoms with E-state index in [1.165, 1.54) is 6.33 Å². The van der Waals surface area contributed by atoms with Gasteiger partial charge in [-0.05, 0) is 58.7 Å². The Hall–Kier alpha value is -3.65. The maximum Gasteiger partial charge on any atom is 0.410 e. The van der Waals surface area contributed by atoms with Crippen molar-refractivity contribution in [3.63, 3.8) is 0 Å². The van der Waals surface area contributed by atoms with E-state index in [-0.39, 0.29) is 37.4 Å². The first-order chi connectivity index (χ1) is 22.5. The van der Waals surface area contributed by atoms with E-state index in [4.69, 9.17) is 14.5 Å². The number of nitrogens with one attached hydrogen (secondary N) is 1. The second kappa shape index (κ2) is 14.1. The fraction of sp³-hybridized carbons (Fsp3) is 0.618. The van der Waals surface area contributed by atoms with Crippen molar-refractivity contribution in [2.75, 3.05) is 29.9 Å². The fourth-order valence-electron chi connectivity index (χ4n) is 6.15. The molecule has 0 spiro atoms. The minimum atomic E-state index is -2.69. The molecule has 1 fully saturated rings. The molecule has 11 nitrogen and oxygen atoms in total. The predicted molar refractivity (Wildman–Crippen MR) is 187 cm³/mol. The number of amides is 1. The first-order valence-corrected chi connectivity index (χ1v) is 20.5. The van der Waals surface area contributed by atoms with Crippen LogP contribution in [0.25, 0.3) is 16.6 Å². The number of ether oxygens (including phenoxy) is 2. The zero-order chi connectivity index (χ0) is 34.9. The number of rotatable bonds is 10. The van der Waals surface area contributed by atoms with E-state index in [0.29, 0.717) is 50.4 Å². The van der Waals surface area contributed by atoms with Crippen LogP contribution in [0.2, 0.25) is 25.7 Å². The van der Waals surface area contributed by atoms with Gasteiger partial charge in [0, 0.05) is 58.6 Å². The molecular weight excluding hydrogens is 635 g/mol. The normalized spacial score (nSPS) is 20.2. The summed E-state index contributed by atoms with van der Waals surface area (Å²) in [5.74, 6) is -1.51. The van der Waals surface area contributed by atoms with Crippen LogP contribution in [-0.2, 0) is 22.7 Å². The second-order valence-electron chi connectivity index (χ2n) is 15.3. The molecule has 1 aliphatic carbocycles. The molecule has 1 aliphatic heterocycles. The zero-order valence-corrected chi connectivity index (χ0v) is 30.5. The molecule has 2 atom stereocenters. The average molecular weight is 685 g/mol. The minimum absolute atomic E-state index is 0.0979. The lowest BCUT2D eigenvalue weighted by Gasteiger charge is -2.44. The molecule has 262 valence electrons. The first-order valence-electron chi connectivity index (χ1n) is 16.8. The van der Waals surface area contributed by atoms with Gasteiger partial charge in [0.05, 0.1) is 29.7 Å². The van der Waals surface area contributed by atoms with Crippen molar-refractivity contribution in [1.82, 2.24) is 29.4 Å². The summed E-state index contributed by atoms with van der Waals surface area (Å²) in [6.07, 6.45) is 6.31. The van der Waals surface area contributed by atoms with Crippen molar-refractivity contribution >= 4 is 42.5 Å². The lowest BCUT2D eigenvalue weighted by atomic mass is 9.91. The largest absolute Gasteiger partial charge is 0.444 e. The third kappa shape index (κ3) is 8.87. The molecule has 5 rings (SSSR count). The Labute approximate surface area is 283 Å². The van der Waals surface area contributed by atoms with Crippen molar-refractivity contribution in [1.29, 1.82) is 0 Å². The summed E-state index contributed by atoms with van der Waals surface area (Å²) in [6, 6.07) is 2.70. The molecule has 1 N–H and O–H groups in total. The number of anilines is 2. The number of alkyl halides is 2. The van der Waals surface area contributed by atoms with E-state index >= 15 is 0 Å². The van der Waals surface area contributed by atoms with Gasteiger partial charge in [0.1, 0.15) is 30.1 Å². The number of allylic oxidation sites excluding steroid dienone is 2. The molecule has 3 aromatic heterocycles. The van der Waals surface area contributed by atoms with Crippen LogP contribution in [0.1, 0.15) is 65.1 Å². The van der Waals surface area contributed by atoms with Gasteiger partial charge in [-0.2, -0.15) is 0 Å². The SMILES string of the molecule is C[C@@H]1CN(c2nccc(CNc3ncnc4c3c(C3=CCC(F)(F)CC3)cn4COCC[Si](C)(C)C)n2)C[C@H](C)N1C(=O)OC(C)(C)C. The van der Waals surface area contributed by atoms with Gasteiger partial charge in [-0.15, -0.1) is 0 Å². The molecule has 1 amide bonds. The van der Waals surface area contributed by atoms with Crippen molar-refractivity contribution in [3.05, 3.63) is 42.1 Å². The molecule has 48 heavy (non-hydrogen) atoms. The monoisotopic (exact) mass is 684 g/mol. The van der Waals surface area contributed by atoms with Crippen molar-refractivity contribution in [2.45, 2.75) is 116 Å². The molecule has 2 aliphatic rings. The van der Waals surface area contributed by atoms with Gasteiger partial charge in [-0.25, -0.2) is 33.5 Å². The summed E-state index contributed by atoms with van der Waals surface area (Å²) in [5.41, 5.74) is 2.57. The highest BCUT2D eigenvalue weighted by Crippen LogP contribution is 2.40. The van der Waals surface area contributed by atoms with Gasteiger partial charge in [0.15, 0.2) is 0 Å². The van der Waals surface area contributed by atoms with E-state index in [1.54, 1.807) is 17.2 Å². The third-order valence-electron chi connectivity index (χ3n) is 8.58. The van der Waals surface area contributed by atoms with Crippen LogP contribution in [-0.4, -0.2) is 86.9 Å². The number of fused-ring (bicyclic) bond motifs is 1. The van der Waals surface area contributed by atoms with Crippen LogP contribution in [0.3, 0.4) is 0 Å². The van der Waals surface area contributed by atoms with E-state index in [2.05, 4.69) is 44.8 Å². The molecule has 3 aromatic rings. The number of piperazine rings is 1. The molecule has 1 saturated heterocycles. The van der Waals surface area contributed by atoms with Gasteiger partial charge in [0.25, 0.3) is 5.92 Å². The minimum Gasteiger partial charge on any atom is -0.444 e. The lowest BCUT2D eigenvalue weighted by Crippen LogP contribution is -2.59. The lowest BCUT2D eigenvalue weighted by molar-refractivity contribution is -0.00609. The highest BCUT2D eigenvalue weighted by atomic mass is 28.3. The highest BCUT2D eigenvalue weighted by molar-refractivity contribution is 6.76. The standard InChI is InChI=1S/C34H50F2N8O3Si/c1-23-18-42(19-24(2)44(23)32(45)47-33(3,4)5)31-37-14-11-26(41-31)17-38-29-28-27(25-9-12-34(35,36)13-10-25)20-43(30(28)40-21-39-29)22-46-15-16-48(6,7)8/h9,11,14,20-21,23-24H,10,12-13,15-19,22H2,1-8H3,(H,38,39,40)/t23-,24+. The average Bonchev–Trinajstić information content (AvgIpc) is 3.36. The summed E-state index contributed by atoms with van der Waals surface area (Å²) in [5, 5.41) is 4.21. The molecule has 0 unspecified atom stereocenters. The van der Waals surface area contributed by atoms with E-state index in [0.717, 1.165) is 28.3 Å². The number of hydrogen-bond donors (Lipinski definition) is 1. The van der Waals surface area contributed by atoms with Gasteiger partial charge in [0.2, 0.25) is 5.95 Å². The molecule has 0 saturated carbocycles. The number of aromatic nitrogens is 5. The van der Waals surface area contributed by atoms with Crippen LogP contribution in [0.15, 0.2) is 30.9 Å². The summed E-state index contributed by atoms with van der Waals surface area (Å²) < 4.78 is 41.8. The van der Waals surface area contributed by atoms with Gasteiger partial charge >= 0.3 is 6.09 Å². The van der Waals surface area contributed by atoms with Gasteiger partial charge < -0.3 is 24.3 Å². The summed E-state index contributed by atoms with van der Waals surface area (Å²) in [4.78, 5) is 35.3. The maximum atomic E-state index is 14.1. The second-order valence-corrected chi connectivity index (χ2v) is 20.9. The topological polar surface area (TPSA) is 111 Å². The van der Waals surface area contributed by atoms with Crippen molar-refractivity contribution in [3.8, 4) is 0 Å². The Morgan fingerprint density at radius 2 is 1.85 bits per heavy atom. The zero-order valence-electron chi connectivity index (χ0n) is 29.5. The molecule has 4 heterocycles. The van der Waals surface area contributed by atoms with E-state index in [1.807, 2.05) is 51.4 Å². The molecule has 0 aromatic carbocycles. The quantitative estimate of drug-likeness (QED) is 0.175. The fourth-order valence-corrected chi connectivity index (χ4v) is 6.91. The Bertz CT molecular complexity index is 1620. The number of nitrogens with zero attached hydrogens (tertiary/aromatic N) is 7. The highest BCUT2D eigenvalue weighted by Gasteiger charge is 2.36.